The highest BCUT2D eigenvalue weighted by Gasteiger charge is 2.20. The molecule has 23 heavy (non-hydrogen) atoms. The number of benzene rings is 1. The number of carbonyl (C=O) groups is 2. The first-order valence-electron chi connectivity index (χ1n) is 7.33. The Hall–Kier alpha value is -3.09. The number of carbonyl (C=O) groups excluding carboxylic acids is 2. The van der Waals surface area contributed by atoms with Crippen molar-refractivity contribution in [1.29, 1.82) is 0 Å². The summed E-state index contributed by atoms with van der Waals surface area (Å²) in [5.41, 5.74) is 2.73. The molecule has 1 aliphatic heterocycles. The van der Waals surface area contributed by atoms with Crippen molar-refractivity contribution in [2.45, 2.75) is 6.54 Å². The zero-order valence-corrected chi connectivity index (χ0v) is 12.5. The van der Waals surface area contributed by atoms with Crippen LogP contribution >= 0.6 is 0 Å². The topological polar surface area (TPSA) is 81.0 Å². The van der Waals surface area contributed by atoms with E-state index in [2.05, 4.69) is 15.7 Å². The van der Waals surface area contributed by atoms with E-state index in [1.807, 2.05) is 22.8 Å². The average molecular weight is 309 g/mol. The number of nitrogens with zero attached hydrogens (tertiary/aromatic N) is 3. The van der Waals surface area contributed by atoms with E-state index in [-0.39, 0.29) is 11.8 Å². The third-order valence-electron chi connectivity index (χ3n) is 3.98. The summed E-state index contributed by atoms with van der Waals surface area (Å²) in [6, 6.07) is 7.31. The molecule has 0 fully saturated rings. The highest BCUT2D eigenvalue weighted by Crippen LogP contribution is 2.23. The summed E-state index contributed by atoms with van der Waals surface area (Å²) in [5.74, 6) is -0.274. The van der Waals surface area contributed by atoms with Crippen LogP contribution in [0.1, 0.15) is 20.8 Å². The molecule has 0 bridgehead atoms. The third-order valence-corrected chi connectivity index (χ3v) is 3.98. The Balaban J connectivity index is 1.71. The van der Waals surface area contributed by atoms with Gasteiger partial charge in [-0.2, -0.15) is 5.10 Å². The summed E-state index contributed by atoms with van der Waals surface area (Å²) in [7, 11) is 1.79. The van der Waals surface area contributed by atoms with Gasteiger partial charge in [-0.05, 0) is 18.2 Å². The molecular weight excluding hydrogens is 294 g/mol. The van der Waals surface area contributed by atoms with Crippen molar-refractivity contribution in [2.24, 2.45) is 7.05 Å². The highest BCUT2D eigenvalue weighted by atomic mass is 16.2. The number of hydrogen-bond donors (Lipinski definition) is 2. The lowest BCUT2D eigenvalue weighted by Gasteiger charge is -2.16. The molecule has 0 saturated carbocycles. The molecular formula is C16H15N5O2. The van der Waals surface area contributed by atoms with Crippen LogP contribution in [0, 0.1) is 0 Å². The van der Waals surface area contributed by atoms with E-state index in [1.165, 1.54) is 0 Å². The van der Waals surface area contributed by atoms with Crippen LogP contribution in [0.5, 0.6) is 0 Å². The summed E-state index contributed by atoms with van der Waals surface area (Å²) in [5, 5.41) is 10.6. The van der Waals surface area contributed by atoms with Gasteiger partial charge in [-0.3, -0.25) is 14.3 Å². The van der Waals surface area contributed by atoms with E-state index < -0.39 is 0 Å². The van der Waals surface area contributed by atoms with E-state index in [0.717, 1.165) is 10.9 Å². The molecule has 0 unspecified atom stereocenters. The zero-order chi connectivity index (χ0) is 16.0. The molecule has 1 aliphatic rings. The predicted molar refractivity (Wildman–Crippen MR) is 85.4 cm³/mol. The fourth-order valence-corrected chi connectivity index (χ4v) is 2.89. The lowest BCUT2D eigenvalue weighted by Crippen LogP contribution is -2.34. The minimum atomic E-state index is -0.198. The lowest BCUT2D eigenvalue weighted by atomic mass is 10.1. The molecule has 7 nitrogen and oxygen atoms in total. The molecule has 0 aliphatic carbocycles. The normalized spacial score (nSPS) is 13.7. The van der Waals surface area contributed by atoms with Crippen molar-refractivity contribution in [3.05, 3.63) is 47.9 Å². The Morgan fingerprint density at radius 1 is 1.35 bits per heavy atom. The van der Waals surface area contributed by atoms with Gasteiger partial charge in [0.25, 0.3) is 11.8 Å². The van der Waals surface area contributed by atoms with Crippen LogP contribution in [0.2, 0.25) is 0 Å². The molecule has 116 valence electrons. The van der Waals surface area contributed by atoms with Crippen LogP contribution in [0.15, 0.2) is 36.7 Å². The van der Waals surface area contributed by atoms with Gasteiger partial charge < -0.3 is 15.2 Å². The molecule has 0 radical (unpaired) electrons. The lowest BCUT2D eigenvalue weighted by molar-refractivity contribution is 0.0928. The molecule has 0 saturated heterocycles. The molecule has 7 heteroatoms. The van der Waals surface area contributed by atoms with E-state index in [9.17, 15) is 9.59 Å². The number of amides is 2. The standard InChI is InChI=1S/C16H15N5O2/c1-20-9-12(8-18-20)19-15(22)11-3-2-10-6-14-16(23)17-4-5-21(14)13(10)7-11/h2-3,6-9H,4-5H2,1H3,(H,17,23)(H,19,22). The molecule has 0 spiro atoms. The fraction of sp³-hybridized carbons (Fsp3) is 0.188. The van der Waals surface area contributed by atoms with Gasteiger partial charge in [-0.25, -0.2) is 0 Å². The Morgan fingerprint density at radius 2 is 2.22 bits per heavy atom. The molecule has 0 atom stereocenters. The molecule has 2 N–H and O–H groups in total. The number of rotatable bonds is 2. The summed E-state index contributed by atoms with van der Waals surface area (Å²) in [6.45, 7) is 1.31. The Labute approximate surface area is 131 Å². The summed E-state index contributed by atoms with van der Waals surface area (Å²) in [6.07, 6.45) is 3.33. The monoisotopic (exact) mass is 309 g/mol. The van der Waals surface area contributed by atoms with Crippen LogP contribution in [-0.4, -0.2) is 32.7 Å². The van der Waals surface area contributed by atoms with E-state index in [1.54, 1.807) is 30.2 Å². The Bertz CT molecular complexity index is 937. The quantitative estimate of drug-likeness (QED) is 0.750. The first-order valence-corrected chi connectivity index (χ1v) is 7.33. The molecule has 3 heterocycles. The predicted octanol–water partition coefficient (Wildman–Crippen LogP) is 1.37. The minimum Gasteiger partial charge on any atom is -0.349 e. The van der Waals surface area contributed by atoms with Gasteiger partial charge in [0.15, 0.2) is 0 Å². The SMILES string of the molecule is Cn1cc(NC(=O)c2ccc3cc4n(c3c2)CCNC4=O)cn1. The van der Waals surface area contributed by atoms with Gasteiger partial charge in [0.05, 0.1) is 11.9 Å². The van der Waals surface area contributed by atoms with Gasteiger partial charge in [-0.15, -0.1) is 0 Å². The van der Waals surface area contributed by atoms with E-state index in [0.29, 0.717) is 30.0 Å². The first-order chi connectivity index (χ1) is 11.1. The first kappa shape index (κ1) is 13.6. The maximum atomic E-state index is 12.4. The molecule has 2 aromatic heterocycles. The van der Waals surface area contributed by atoms with Gasteiger partial charge in [0.2, 0.25) is 0 Å². The highest BCUT2D eigenvalue weighted by molar-refractivity contribution is 6.07. The van der Waals surface area contributed by atoms with Crippen molar-refractivity contribution in [1.82, 2.24) is 19.7 Å². The number of hydrogen-bond acceptors (Lipinski definition) is 3. The van der Waals surface area contributed by atoms with Crippen molar-refractivity contribution in [3.8, 4) is 0 Å². The van der Waals surface area contributed by atoms with Crippen LogP contribution < -0.4 is 10.6 Å². The fourth-order valence-electron chi connectivity index (χ4n) is 2.89. The molecule has 3 aromatic rings. The second kappa shape index (κ2) is 4.98. The number of aromatic nitrogens is 3. The summed E-state index contributed by atoms with van der Waals surface area (Å²) in [4.78, 5) is 24.3. The van der Waals surface area contributed by atoms with Gasteiger partial charge in [-0.1, -0.05) is 6.07 Å². The molecule has 2 amide bonds. The van der Waals surface area contributed by atoms with E-state index in [4.69, 9.17) is 0 Å². The smallest absolute Gasteiger partial charge is 0.268 e. The number of aryl methyl sites for hydroxylation is 1. The van der Waals surface area contributed by atoms with Gasteiger partial charge in [0, 0.05) is 42.8 Å². The maximum Gasteiger partial charge on any atom is 0.268 e. The largest absolute Gasteiger partial charge is 0.349 e. The van der Waals surface area contributed by atoms with Crippen molar-refractivity contribution in [3.63, 3.8) is 0 Å². The zero-order valence-electron chi connectivity index (χ0n) is 12.5. The van der Waals surface area contributed by atoms with E-state index >= 15 is 0 Å². The van der Waals surface area contributed by atoms with Crippen LogP contribution in [-0.2, 0) is 13.6 Å². The molecule has 4 rings (SSSR count). The number of anilines is 1. The molecule has 1 aromatic carbocycles. The van der Waals surface area contributed by atoms with Crippen LogP contribution in [0.25, 0.3) is 10.9 Å². The van der Waals surface area contributed by atoms with Crippen LogP contribution in [0.4, 0.5) is 5.69 Å². The van der Waals surface area contributed by atoms with Crippen LogP contribution in [0.3, 0.4) is 0 Å². The third kappa shape index (κ3) is 2.26. The van der Waals surface area contributed by atoms with Crippen molar-refractivity contribution < 1.29 is 9.59 Å². The van der Waals surface area contributed by atoms with Gasteiger partial charge in [0.1, 0.15) is 5.69 Å². The summed E-state index contributed by atoms with van der Waals surface area (Å²) < 4.78 is 3.58. The number of fused-ring (bicyclic) bond motifs is 3. The second-order valence-corrected chi connectivity index (χ2v) is 5.57. The Kier molecular flexibility index (Phi) is 2.94. The second-order valence-electron chi connectivity index (χ2n) is 5.57. The maximum absolute atomic E-state index is 12.4. The van der Waals surface area contributed by atoms with Gasteiger partial charge >= 0.3 is 0 Å². The average Bonchev–Trinajstić information content (AvgIpc) is 3.11. The number of nitrogens with one attached hydrogen (secondary N) is 2. The van der Waals surface area contributed by atoms with Crippen molar-refractivity contribution in [2.75, 3.05) is 11.9 Å². The van der Waals surface area contributed by atoms with Crippen molar-refractivity contribution >= 4 is 28.4 Å². The summed E-state index contributed by atoms with van der Waals surface area (Å²) >= 11 is 0. The minimum absolute atomic E-state index is 0.0752. The Morgan fingerprint density at radius 3 is 3.00 bits per heavy atom.